The van der Waals surface area contributed by atoms with E-state index in [0.717, 1.165) is 48.9 Å². The van der Waals surface area contributed by atoms with Crippen molar-refractivity contribution < 1.29 is 24.2 Å². The lowest BCUT2D eigenvalue weighted by Gasteiger charge is -2.44. The van der Waals surface area contributed by atoms with Crippen molar-refractivity contribution in [3.63, 3.8) is 0 Å². The predicted molar refractivity (Wildman–Crippen MR) is 155 cm³/mol. The maximum atomic E-state index is 12.3. The number of nitrogens with one attached hydrogen (secondary N) is 1. The number of carbonyl (C=O) groups is 1. The van der Waals surface area contributed by atoms with E-state index in [-0.39, 0.29) is 16.9 Å². The maximum absolute atomic E-state index is 12.3. The first-order valence-corrected chi connectivity index (χ1v) is 15.3. The van der Waals surface area contributed by atoms with E-state index in [0.29, 0.717) is 36.5 Å². The summed E-state index contributed by atoms with van der Waals surface area (Å²) >= 11 is 0. The molecule has 0 spiro atoms. The van der Waals surface area contributed by atoms with Crippen LogP contribution in [0.2, 0.25) is 0 Å². The molecule has 1 aromatic rings. The monoisotopic (exact) mass is 552 g/mol. The summed E-state index contributed by atoms with van der Waals surface area (Å²) in [6, 6.07) is 0. The zero-order valence-corrected chi connectivity index (χ0v) is 24.7. The first-order valence-electron chi connectivity index (χ1n) is 15.3. The van der Waals surface area contributed by atoms with E-state index in [4.69, 9.17) is 9.15 Å². The number of aliphatic hydroxyl groups excluding tert-OH is 2. The van der Waals surface area contributed by atoms with Crippen molar-refractivity contribution >= 4 is 6.09 Å². The number of amides is 1. The van der Waals surface area contributed by atoms with Crippen LogP contribution >= 0.6 is 0 Å². The molecule has 7 atom stereocenters. The van der Waals surface area contributed by atoms with Gasteiger partial charge in [-0.05, 0) is 105 Å². The van der Waals surface area contributed by atoms with E-state index in [1.54, 1.807) is 13.3 Å². The number of hydrogen-bond donors (Lipinski definition) is 3. The number of nitrogens with zero attached hydrogens (tertiary/aromatic N) is 1. The highest BCUT2D eigenvalue weighted by Gasteiger charge is 2.57. The van der Waals surface area contributed by atoms with Gasteiger partial charge in [0, 0.05) is 13.5 Å². The fourth-order valence-electron chi connectivity index (χ4n) is 8.32. The highest BCUT2D eigenvalue weighted by atomic mass is 16.6. The fourth-order valence-corrected chi connectivity index (χ4v) is 8.32. The van der Waals surface area contributed by atoms with Gasteiger partial charge < -0.3 is 24.7 Å². The molecular weight excluding hydrogens is 504 g/mol. The molecule has 4 saturated carbocycles. The highest BCUT2D eigenvalue weighted by molar-refractivity contribution is 5.67. The van der Waals surface area contributed by atoms with E-state index in [9.17, 15) is 15.0 Å². The molecular formula is C33H48N2O5. The number of allylic oxidation sites excluding steroid dienone is 3. The van der Waals surface area contributed by atoms with Crippen molar-refractivity contribution in [3.8, 4) is 0 Å². The van der Waals surface area contributed by atoms with Crippen LogP contribution in [0.3, 0.4) is 0 Å². The van der Waals surface area contributed by atoms with E-state index in [2.05, 4.69) is 42.9 Å². The quantitative estimate of drug-likeness (QED) is 0.350. The number of aryl methyl sites for hydroxylation is 1. The van der Waals surface area contributed by atoms with Crippen molar-refractivity contribution in [2.45, 2.75) is 115 Å². The van der Waals surface area contributed by atoms with Gasteiger partial charge in [0.1, 0.15) is 12.4 Å². The van der Waals surface area contributed by atoms with Crippen molar-refractivity contribution in [1.82, 2.24) is 10.3 Å². The minimum atomic E-state index is -0.652. The molecule has 4 fully saturated rings. The van der Waals surface area contributed by atoms with Gasteiger partial charge in [0.05, 0.1) is 23.3 Å². The Kier molecular flexibility index (Phi) is 8.36. The smallest absolute Gasteiger partial charge is 0.407 e. The van der Waals surface area contributed by atoms with Crippen LogP contribution in [0.25, 0.3) is 0 Å². The van der Waals surface area contributed by atoms with Gasteiger partial charge in [-0.15, -0.1) is 0 Å². The molecule has 0 bridgehead atoms. The standard InChI is InChI=1S/C33H48N2O5/c1-20(8-13-29(40-31(38)34-5)33(15-16-33)30-35-21(2)19-39-30)26-11-12-27-23(7-6-14-32(26,27)4)9-10-24-17-25(36)18-28(37)22(24)3/h9-10,19-20,25-29,36-37H,3,6-8,11-18H2,1-2,4-5H3,(H,34,38)/b23-9+,24-10-/t20-,25-,26-,27+,28+,29-,32-/m1/s1. The largest absolute Gasteiger partial charge is 0.448 e. The van der Waals surface area contributed by atoms with Crippen molar-refractivity contribution in [2.24, 2.45) is 23.2 Å². The van der Waals surface area contributed by atoms with Crippen LogP contribution < -0.4 is 5.32 Å². The Balaban J connectivity index is 1.28. The van der Waals surface area contributed by atoms with Crippen molar-refractivity contribution in [3.05, 3.63) is 53.3 Å². The second kappa shape index (κ2) is 11.5. The highest BCUT2D eigenvalue weighted by Crippen LogP contribution is 2.60. The zero-order chi connectivity index (χ0) is 28.7. The number of fused-ring (bicyclic) bond motifs is 1. The lowest BCUT2D eigenvalue weighted by atomic mass is 9.60. The molecule has 7 nitrogen and oxygen atoms in total. The minimum absolute atomic E-state index is 0.249. The van der Waals surface area contributed by atoms with Crippen LogP contribution in [-0.4, -0.2) is 46.6 Å². The van der Waals surface area contributed by atoms with Gasteiger partial charge >= 0.3 is 6.09 Å². The average molecular weight is 553 g/mol. The number of rotatable bonds is 8. The Morgan fingerprint density at radius 1 is 1.27 bits per heavy atom. The molecule has 0 radical (unpaired) electrons. The van der Waals surface area contributed by atoms with Crippen LogP contribution in [0.4, 0.5) is 4.79 Å². The van der Waals surface area contributed by atoms with E-state index >= 15 is 0 Å². The molecule has 40 heavy (non-hydrogen) atoms. The number of alkyl carbamates (subject to hydrolysis) is 1. The summed E-state index contributed by atoms with van der Waals surface area (Å²) in [6.45, 7) is 10.9. The molecule has 1 heterocycles. The molecule has 1 amide bonds. The number of carbonyl (C=O) groups excluding carboxylic acids is 1. The van der Waals surface area contributed by atoms with Crippen LogP contribution in [0, 0.1) is 30.1 Å². The lowest BCUT2D eigenvalue weighted by molar-refractivity contribution is 0.0481. The molecule has 0 unspecified atom stereocenters. The Morgan fingerprint density at radius 3 is 2.73 bits per heavy atom. The first-order chi connectivity index (χ1) is 19.1. The summed E-state index contributed by atoms with van der Waals surface area (Å²) in [5.41, 5.74) is 4.04. The van der Waals surface area contributed by atoms with Gasteiger partial charge in [0.2, 0.25) is 5.89 Å². The molecule has 3 N–H and O–H groups in total. The zero-order valence-electron chi connectivity index (χ0n) is 24.7. The Hall–Kier alpha value is -2.38. The molecule has 4 aliphatic carbocycles. The maximum Gasteiger partial charge on any atom is 0.407 e. The Morgan fingerprint density at radius 2 is 2.05 bits per heavy atom. The molecule has 5 rings (SSSR count). The van der Waals surface area contributed by atoms with Gasteiger partial charge in [-0.25, -0.2) is 9.78 Å². The van der Waals surface area contributed by atoms with Gasteiger partial charge in [0.15, 0.2) is 0 Å². The van der Waals surface area contributed by atoms with Crippen LogP contribution in [0.5, 0.6) is 0 Å². The summed E-state index contributed by atoms with van der Waals surface area (Å²) in [7, 11) is 1.61. The van der Waals surface area contributed by atoms with E-state index in [1.165, 1.54) is 31.3 Å². The molecule has 220 valence electrons. The SMILES string of the molecule is C=C1/C(=C\C=C2/CCC[C@]3(C)[C@@H]([C@H](C)CC[C@@H](OC(=O)NC)C4(c5nc(C)co5)CC4)CC[C@@H]23)C[C@@H](O)C[C@@H]1O. The Bertz CT molecular complexity index is 1160. The molecule has 0 saturated heterocycles. The summed E-state index contributed by atoms with van der Waals surface area (Å²) in [4.78, 5) is 16.9. The predicted octanol–water partition coefficient (Wildman–Crippen LogP) is 6.30. The Labute approximate surface area is 239 Å². The third-order valence-corrected chi connectivity index (χ3v) is 10.8. The first kappa shape index (κ1) is 29.1. The molecule has 7 heteroatoms. The van der Waals surface area contributed by atoms with Gasteiger partial charge in [-0.2, -0.15) is 0 Å². The van der Waals surface area contributed by atoms with E-state index in [1.807, 2.05) is 6.92 Å². The molecule has 1 aromatic heterocycles. The lowest BCUT2D eigenvalue weighted by Crippen LogP contribution is -2.38. The van der Waals surface area contributed by atoms with Crippen LogP contribution in [-0.2, 0) is 10.2 Å². The third kappa shape index (κ3) is 5.56. The topological polar surface area (TPSA) is 105 Å². The number of aromatic nitrogens is 1. The number of hydrogen-bond acceptors (Lipinski definition) is 6. The number of ether oxygens (including phenoxy) is 1. The fraction of sp³-hybridized carbons (Fsp3) is 0.697. The third-order valence-electron chi connectivity index (χ3n) is 10.8. The summed E-state index contributed by atoms with van der Waals surface area (Å²) in [6.07, 6.45) is 14.8. The number of oxazole rings is 1. The van der Waals surface area contributed by atoms with Crippen LogP contribution in [0.1, 0.15) is 96.1 Å². The van der Waals surface area contributed by atoms with Crippen molar-refractivity contribution in [1.29, 1.82) is 0 Å². The number of aliphatic hydroxyl groups is 2. The van der Waals surface area contributed by atoms with Gasteiger partial charge in [0.25, 0.3) is 0 Å². The molecule has 4 aliphatic rings. The normalized spacial score (nSPS) is 34.9. The van der Waals surface area contributed by atoms with Gasteiger partial charge in [-0.1, -0.05) is 38.2 Å². The summed E-state index contributed by atoms with van der Waals surface area (Å²) in [5.74, 6) is 2.38. The summed E-state index contributed by atoms with van der Waals surface area (Å²) < 4.78 is 11.8. The summed E-state index contributed by atoms with van der Waals surface area (Å²) in [5, 5.41) is 23.0. The van der Waals surface area contributed by atoms with Crippen molar-refractivity contribution in [2.75, 3.05) is 7.05 Å². The van der Waals surface area contributed by atoms with Crippen LogP contribution in [0.15, 0.2) is 46.1 Å². The minimum Gasteiger partial charge on any atom is -0.448 e. The molecule has 0 aliphatic heterocycles. The second-order valence-electron chi connectivity index (χ2n) is 13.3. The van der Waals surface area contributed by atoms with E-state index < -0.39 is 18.3 Å². The average Bonchev–Trinajstić information content (AvgIpc) is 3.48. The van der Waals surface area contributed by atoms with Gasteiger partial charge in [-0.3, -0.25) is 0 Å². The second-order valence-corrected chi connectivity index (χ2v) is 13.3. The molecule has 0 aromatic carbocycles.